The van der Waals surface area contributed by atoms with E-state index in [2.05, 4.69) is 15.3 Å². The average molecular weight is 395 g/mol. The lowest BCUT2D eigenvalue weighted by Crippen LogP contribution is -2.53. The van der Waals surface area contributed by atoms with Gasteiger partial charge in [0.05, 0.1) is 12.6 Å². The van der Waals surface area contributed by atoms with Crippen LogP contribution >= 0.6 is 0 Å². The number of aromatic nitrogens is 2. The van der Waals surface area contributed by atoms with Crippen LogP contribution in [0.2, 0.25) is 0 Å². The molecule has 0 saturated carbocycles. The molecule has 0 aliphatic carbocycles. The van der Waals surface area contributed by atoms with E-state index < -0.39 is 24.7 Å². The molecule has 0 bridgehead atoms. The molecule has 10 heteroatoms. The van der Waals surface area contributed by atoms with Crippen molar-refractivity contribution in [2.75, 3.05) is 42.9 Å². The SMILES string of the molecule is O=C1CN(c2cc(NC[C@H](O)c3ccccc3)ncn2)CCN1CC(F)(F)F. The molecule has 1 atom stereocenters. The maximum Gasteiger partial charge on any atom is 0.406 e. The van der Waals surface area contributed by atoms with E-state index in [4.69, 9.17) is 0 Å². The Morgan fingerprint density at radius 2 is 1.93 bits per heavy atom. The summed E-state index contributed by atoms with van der Waals surface area (Å²) in [6.07, 6.45) is -3.84. The molecule has 1 aliphatic heterocycles. The van der Waals surface area contributed by atoms with Crippen LogP contribution in [0, 0.1) is 0 Å². The number of carbonyl (C=O) groups is 1. The lowest BCUT2D eigenvalue weighted by Gasteiger charge is -2.35. The first kappa shape index (κ1) is 19.9. The predicted molar refractivity (Wildman–Crippen MR) is 96.8 cm³/mol. The molecule has 0 radical (unpaired) electrons. The third-order valence-electron chi connectivity index (χ3n) is 4.33. The van der Waals surface area contributed by atoms with Gasteiger partial charge < -0.3 is 20.2 Å². The van der Waals surface area contributed by atoms with Gasteiger partial charge in [0.1, 0.15) is 24.5 Å². The molecule has 1 fully saturated rings. The van der Waals surface area contributed by atoms with E-state index in [9.17, 15) is 23.1 Å². The van der Waals surface area contributed by atoms with E-state index in [0.29, 0.717) is 11.6 Å². The van der Waals surface area contributed by atoms with Crippen molar-refractivity contribution < 1.29 is 23.1 Å². The van der Waals surface area contributed by atoms with Crippen LogP contribution in [-0.4, -0.2) is 64.8 Å². The molecule has 2 aromatic rings. The van der Waals surface area contributed by atoms with Gasteiger partial charge in [-0.3, -0.25) is 4.79 Å². The number of benzene rings is 1. The quantitative estimate of drug-likeness (QED) is 0.777. The minimum Gasteiger partial charge on any atom is -0.387 e. The highest BCUT2D eigenvalue weighted by Crippen LogP contribution is 2.21. The number of aliphatic hydroxyl groups excluding tert-OH is 1. The third kappa shape index (κ3) is 5.32. The number of hydrogen-bond acceptors (Lipinski definition) is 6. The lowest BCUT2D eigenvalue weighted by molar-refractivity contribution is -0.161. The van der Waals surface area contributed by atoms with Crippen molar-refractivity contribution in [3.05, 3.63) is 48.3 Å². The van der Waals surface area contributed by atoms with Gasteiger partial charge in [-0.1, -0.05) is 30.3 Å². The summed E-state index contributed by atoms with van der Waals surface area (Å²) in [4.78, 5) is 22.6. The highest BCUT2D eigenvalue weighted by molar-refractivity contribution is 5.82. The maximum atomic E-state index is 12.5. The molecule has 150 valence electrons. The molecule has 1 amide bonds. The van der Waals surface area contributed by atoms with Gasteiger partial charge in [-0.05, 0) is 5.56 Å². The van der Waals surface area contributed by atoms with Crippen molar-refractivity contribution in [1.29, 1.82) is 0 Å². The lowest BCUT2D eigenvalue weighted by atomic mass is 10.1. The van der Waals surface area contributed by atoms with E-state index in [-0.39, 0.29) is 26.2 Å². The Morgan fingerprint density at radius 1 is 1.18 bits per heavy atom. The summed E-state index contributed by atoms with van der Waals surface area (Å²) >= 11 is 0. The molecule has 1 aliphatic rings. The van der Waals surface area contributed by atoms with E-state index >= 15 is 0 Å². The summed E-state index contributed by atoms with van der Waals surface area (Å²) in [6.45, 7) is -0.992. The molecule has 1 aromatic heterocycles. The fourth-order valence-corrected chi connectivity index (χ4v) is 2.90. The Hall–Kier alpha value is -2.88. The molecule has 2 N–H and O–H groups in total. The van der Waals surface area contributed by atoms with Crippen molar-refractivity contribution in [3.8, 4) is 0 Å². The van der Waals surface area contributed by atoms with Crippen LogP contribution in [-0.2, 0) is 4.79 Å². The number of carbonyl (C=O) groups excluding carboxylic acids is 1. The fraction of sp³-hybridized carbons (Fsp3) is 0.389. The molecule has 1 aromatic carbocycles. The van der Waals surface area contributed by atoms with Gasteiger partial charge in [-0.2, -0.15) is 13.2 Å². The van der Waals surface area contributed by atoms with Gasteiger partial charge in [0, 0.05) is 25.7 Å². The third-order valence-corrected chi connectivity index (χ3v) is 4.33. The summed E-state index contributed by atoms with van der Waals surface area (Å²) in [6, 6.07) is 10.7. The number of rotatable bonds is 6. The van der Waals surface area contributed by atoms with Crippen molar-refractivity contribution in [2.45, 2.75) is 12.3 Å². The van der Waals surface area contributed by atoms with Crippen molar-refractivity contribution >= 4 is 17.5 Å². The van der Waals surface area contributed by atoms with Crippen LogP contribution in [0.4, 0.5) is 24.8 Å². The zero-order valence-corrected chi connectivity index (χ0v) is 14.9. The van der Waals surface area contributed by atoms with Crippen molar-refractivity contribution in [3.63, 3.8) is 0 Å². The van der Waals surface area contributed by atoms with E-state index in [0.717, 1.165) is 10.5 Å². The molecule has 28 heavy (non-hydrogen) atoms. The van der Waals surface area contributed by atoms with Gasteiger partial charge in [-0.25, -0.2) is 9.97 Å². The van der Waals surface area contributed by atoms with Crippen molar-refractivity contribution in [1.82, 2.24) is 14.9 Å². The first-order chi connectivity index (χ1) is 13.3. The van der Waals surface area contributed by atoms with E-state index in [1.54, 1.807) is 11.0 Å². The molecular formula is C18H20F3N5O2. The van der Waals surface area contributed by atoms with E-state index in [1.807, 2.05) is 30.3 Å². The zero-order chi connectivity index (χ0) is 20.1. The smallest absolute Gasteiger partial charge is 0.387 e. The average Bonchev–Trinajstić information content (AvgIpc) is 2.67. The molecule has 0 spiro atoms. The van der Waals surface area contributed by atoms with Gasteiger partial charge in [0.25, 0.3) is 0 Å². The normalized spacial score (nSPS) is 16.2. The second-order valence-electron chi connectivity index (χ2n) is 6.42. The second-order valence-corrected chi connectivity index (χ2v) is 6.42. The van der Waals surface area contributed by atoms with Crippen LogP contribution in [0.3, 0.4) is 0 Å². The van der Waals surface area contributed by atoms with Crippen LogP contribution in [0.5, 0.6) is 0 Å². The number of aliphatic hydroxyl groups is 1. The van der Waals surface area contributed by atoms with E-state index in [1.165, 1.54) is 6.33 Å². The molecule has 0 unspecified atom stereocenters. The Bertz CT molecular complexity index is 803. The molecule has 7 nitrogen and oxygen atoms in total. The number of nitrogens with zero attached hydrogens (tertiary/aromatic N) is 4. The fourth-order valence-electron chi connectivity index (χ4n) is 2.90. The predicted octanol–water partition coefficient (Wildman–Crippen LogP) is 1.83. The maximum absolute atomic E-state index is 12.5. The molecule has 1 saturated heterocycles. The standard InChI is InChI=1S/C18H20F3N5O2/c19-18(20,21)11-26-7-6-25(10-17(26)28)16-8-15(23-12-24-16)22-9-14(27)13-4-2-1-3-5-13/h1-5,8,12,14,27H,6-7,9-11H2,(H,22,23,24)/t14-/m0/s1. The summed E-state index contributed by atoms with van der Waals surface area (Å²) in [5.41, 5.74) is 0.760. The largest absolute Gasteiger partial charge is 0.406 e. The number of piperazine rings is 1. The van der Waals surface area contributed by atoms with Crippen LogP contribution < -0.4 is 10.2 Å². The highest BCUT2D eigenvalue weighted by Gasteiger charge is 2.35. The Kier molecular flexibility index (Phi) is 5.98. The molecule has 2 heterocycles. The highest BCUT2D eigenvalue weighted by atomic mass is 19.4. The van der Waals surface area contributed by atoms with Gasteiger partial charge in [0.2, 0.25) is 5.91 Å². The number of amides is 1. The monoisotopic (exact) mass is 395 g/mol. The number of alkyl halides is 3. The second kappa shape index (κ2) is 8.42. The zero-order valence-electron chi connectivity index (χ0n) is 14.9. The van der Waals surface area contributed by atoms with Gasteiger partial charge in [-0.15, -0.1) is 0 Å². The van der Waals surface area contributed by atoms with Crippen LogP contribution in [0.15, 0.2) is 42.7 Å². The number of hydrogen-bond donors (Lipinski definition) is 2. The Morgan fingerprint density at radius 3 is 2.61 bits per heavy atom. The minimum absolute atomic E-state index is 0.0299. The Labute approximate surface area is 159 Å². The minimum atomic E-state index is -4.41. The molecule has 3 rings (SSSR count). The topological polar surface area (TPSA) is 81.6 Å². The summed E-state index contributed by atoms with van der Waals surface area (Å²) in [5.74, 6) is 0.285. The number of halogens is 3. The Balaban J connectivity index is 1.58. The summed E-state index contributed by atoms with van der Waals surface area (Å²) in [5, 5.41) is 13.2. The molecular weight excluding hydrogens is 375 g/mol. The summed E-state index contributed by atoms with van der Waals surface area (Å²) < 4.78 is 37.5. The number of nitrogens with one attached hydrogen (secondary N) is 1. The number of anilines is 2. The summed E-state index contributed by atoms with van der Waals surface area (Å²) in [7, 11) is 0. The first-order valence-electron chi connectivity index (χ1n) is 8.70. The van der Waals surface area contributed by atoms with Gasteiger partial charge >= 0.3 is 6.18 Å². The van der Waals surface area contributed by atoms with Gasteiger partial charge in [0.15, 0.2) is 0 Å². The van der Waals surface area contributed by atoms with Crippen LogP contribution in [0.1, 0.15) is 11.7 Å². The first-order valence-corrected chi connectivity index (χ1v) is 8.70. The van der Waals surface area contributed by atoms with Crippen molar-refractivity contribution in [2.24, 2.45) is 0 Å². The van der Waals surface area contributed by atoms with Crippen LogP contribution in [0.25, 0.3) is 0 Å².